The largest absolute Gasteiger partial charge is 0.368 e. The fourth-order valence-corrected chi connectivity index (χ4v) is 2.70. The number of rotatable bonds is 4. The normalized spacial score (nSPS) is 20.5. The van der Waals surface area contributed by atoms with Crippen molar-refractivity contribution in [2.75, 3.05) is 0 Å². The zero-order valence-electron chi connectivity index (χ0n) is 12.6. The van der Waals surface area contributed by atoms with Gasteiger partial charge in [-0.1, -0.05) is 44.5 Å². The molecular formula is C16H23N3O2. The zero-order chi connectivity index (χ0) is 15.6. The second-order valence-electron chi connectivity index (χ2n) is 5.77. The van der Waals surface area contributed by atoms with Crippen LogP contribution in [0.2, 0.25) is 0 Å². The quantitative estimate of drug-likeness (QED) is 0.859. The maximum Gasteiger partial charge on any atom is 0.240 e. The van der Waals surface area contributed by atoms with Gasteiger partial charge < -0.3 is 16.4 Å². The van der Waals surface area contributed by atoms with Crippen LogP contribution in [0.1, 0.15) is 31.4 Å². The highest BCUT2D eigenvalue weighted by Gasteiger charge is 2.36. The molecule has 1 heterocycles. The smallest absolute Gasteiger partial charge is 0.240 e. The Morgan fingerprint density at radius 1 is 1.33 bits per heavy atom. The Labute approximate surface area is 125 Å². The highest BCUT2D eigenvalue weighted by molar-refractivity contribution is 5.89. The molecule has 0 spiro atoms. The summed E-state index contributed by atoms with van der Waals surface area (Å²) in [6.07, 6.45) is 1.28. The fraction of sp³-hybridized carbons (Fsp3) is 0.500. The second-order valence-corrected chi connectivity index (χ2v) is 5.77. The Morgan fingerprint density at radius 2 is 1.95 bits per heavy atom. The van der Waals surface area contributed by atoms with Gasteiger partial charge in [0.15, 0.2) is 0 Å². The van der Waals surface area contributed by atoms with Crippen molar-refractivity contribution in [2.24, 2.45) is 17.4 Å². The molecule has 0 saturated heterocycles. The van der Waals surface area contributed by atoms with Crippen LogP contribution >= 0.6 is 0 Å². The van der Waals surface area contributed by atoms with Crippen LogP contribution in [0.3, 0.4) is 0 Å². The van der Waals surface area contributed by atoms with Crippen LogP contribution in [0.4, 0.5) is 0 Å². The monoisotopic (exact) mass is 289 g/mol. The van der Waals surface area contributed by atoms with Gasteiger partial charge in [-0.25, -0.2) is 0 Å². The number of nitrogens with two attached hydrogens (primary N) is 2. The predicted octanol–water partition coefficient (Wildman–Crippen LogP) is 0.799. The number of hydrogen-bond donors (Lipinski definition) is 2. The first-order valence-corrected chi connectivity index (χ1v) is 7.37. The van der Waals surface area contributed by atoms with Crippen molar-refractivity contribution >= 4 is 11.8 Å². The Bertz CT molecular complexity index is 544. The maximum atomic E-state index is 12.6. The van der Waals surface area contributed by atoms with Crippen LogP contribution in [-0.2, 0) is 22.6 Å². The van der Waals surface area contributed by atoms with Gasteiger partial charge in [-0.2, -0.15) is 0 Å². The highest BCUT2D eigenvalue weighted by Crippen LogP contribution is 2.24. The molecule has 4 N–H and O–H groups in total. The van der Waals surface area contributed by atoms with E-state index in [2.05, 4.69) is 0 Å². The van der Waals surface area contributed by atoms with Crippen molar-refractivity contribution in [1.29, 1.82) is 0 Å². The van der Waals surface area contributed by atoms with Crippen molar-refractivity contribution < 1.29 is 9.59 Å². The Balaban J connectivity index is 2.28. The van der Waals surface area contributed by atoms with E-state index in [-0.39, 0.29) is 11.8 Å². The van der Waals surface area contributed by atoms with E-state index < -0.39 is 18.0 Å². The minimum absolute atomic E-state index is 0.0724. The van der Waals surface area contributed by atoms with Crippen LogP contribution in [0, 0.1) is 5.92 Å². The van der Waals surface area contributed by atoms with Crippen LogP contribution in [0.25, 0.3) is 0 Å². The summed E-state index contributed by atoms with van der Waals surface area (Å²) in [5, 5.41) is 0. The highest BCUT2D eigenvalue weighted by atomic mass is 16.2. The summed E-state index contributed by atoms with van der Waals surface area (Å²) in [7, 11) is 0. The summed E-state index contributed by atoms with van der Waals surface area (Å²) in [6.45, 7) is 4.33. The van der Waals surface area contributed by atoms with E-state index >= 15 is 0 Å². The lowest BCUT2D eigenvalue weighted by molar-refractivity contribution is -0.142. The predicted molar refractivity (Wildman–Crippen MR) is 81.1 cm³/mol. The third-order valence-electron chi connectivity index (χ3n) is 4.40. The number of fused-ring (bicyclic) bond motifs is 1. The second kappa shape index (κ2) is 6.26. The van der Waals surface area contributed by atoms with Crippen LogP contribution in [0.15, 0.2) is 24.3 Å². The molecule has 0 aliphatic carbocycles. The Hall–Kier alpha value is -1.88. The number of hydrogen-bond acceptors (Lipinski definition) is 3. The average Bonchev–Trinajstić information content (AvgIpc) is 2.51. The van der Waals surface area contributed by atoms with E-state index in [4.69, 9.17) is 11.5 Å². The first-order valence-electron chi connectivity index (χ1n) is 7.37. The van der Waals surface area contributed by atoms with E-state index in [1.807, 2.05) is 38.1 Å². The molecule has 0 aromatic heterocycles. The molecule has 2 rings (SSSR count). The summed E-state index contributed by atoms with van der Waals surface area (Å²) in [6, 6.07) is 6.60. The van der Waals surface area contributed by atoms with Gasteiger partial charge in [0.1, 0.15) is 6.04 Å². The SMILES string of the molecule is CCC(C)[C@H](N)C(=O)N1Cc2ccccc2C[C@H]1C(N)=O. The first-order chi connectivity index (χ1) is 9.95. The number of primary amides is 1. The molecule has 1 unspecified atom stereocenters. The maximum absolute atomic E-state index is 12.6. The molecule has 114 valence electrons. The molecule has 21 heavy (non-hydrogen) atoms. The van der Waals surface area contributed by atoms with Gasteiger partial charge in [-0.3, -0.25) is 9.59 Å². The van der Waals surface area contributed by atoms with Crippen LogP contribution in [-0.4, -0.2) is 28.8 Å². The van der Waals surface area contributed by atoms with Gasteiger partial charge in [0.05, 0.1) is 6.04 Å². The molecular weight excluding hydrogens is 266 g/mol. The number of nitrogens with zero attached hydrogens (tertiary/aromatic N) is 1. The first kappa shape index (κ1) is 15.5. The molecule has 1 aliphatic heterocycles. The molecule has 1 aliphatic rings. The Kier molecular flexibility index (Phi) is 4.63. The molecule has 5 nitrogen and oxygen atoms in total. The van der Waals surface area contributed by atoms with E-state index in [0.717, 1.165) is 17.5 Å². The van der Waals surface area contributed by atoms with Crippen molar-refractivity contribution in [3.8, 4) is 0 Å². The van der Waals surface area contributed by atoms with E-state index in [0.29, 0.717) is 13.0 Å². The summed E-state index contributed by atoms with van der Waals surface area (Å²) >= 11 is 0. The van der Waals surface area contributed by atoms with E-state index in [1.165, 1.54) is 0 Å². The molecule has 0 fully saturated rings. The minimum Gasteiger partial charge on any atom is -0.368 e. The van der Waals surface area contributed by atoms with Gasteiger partial charge in [0.25, 0.3) is 0 Å². The van der Waals surface area contributed by atoms with Gasteiger partial charge >= 0.3 is 0 Å². The lowest BCUT2D eigenvalue weighted by Gasteiger charge is -2.37. The summed E-state index contributed by atoms with van der Waals surface area (Å²) in [4.78, 5) is 25.9. The lowest BCUT2D eigenvalue weighted by atomic mass is 9.91. The molecule has 1 aromatic rings. The Morgan fingerprint density at radius 3 is 2.52 bits per heavy atom. The van der Waals surface area contributed by atoms with Crippen molar-refractivity contribution in [3.63, 3.8) is 0 Å². The number of carbonyl (C=O) groups is 2. The molecule has 1 aromatic carbocycles. The molecule has 0 saturated carbocycles. The van der Waals surface area contributed by atoms with Gasteiger partial charge in [0.2, 0.25) is 11.8 Å². The molecule has 3 atom stereocenters. The lowest BCUT2D eigenvalue weighted by Crippen LogP contribution is -2.56. The number of benzene rings is 1. The topological polar surface area (TPSA) is 89.4 Å². The number of carbonyl (C=O) groups excluding carboxylic acids is 2. The minimum atomic E-state index is -0.609. The molecule has 5 heteroatoms. The zero-order valence-corrected chi connectivity index (χ0v) is 12.6. The van der Waals surface area contributed by atoms with Crippen molar-refractivity contribution in [1.82, 2.24) is 4.90 Å². The average molecular weight is 289 g/mol. The summed E-state index contributed by atoms with van der Waals surface area (Å²) in [5.41, 5.74) is 13.7. The third-order valence-corrected chi connectivity index (χ3v) is 4.40. The molecule has 0 bridgehead atoms. The van der Waals surface area contributed by atoms with Gasteiger partial charge in [-0.15, -0.1) is 0 Å². The van der Waals surface area contributed by atoms with E-state index in [9.17, 15) is 9.59 Å². The van der Waals surface area contributed by atoms with Crippen LogP contribution in [0.5, 0.6) is 0 Å². The molecule has 0 radical (unpaired) electrons. The standard InChI is InChI=1S/C16H23N3O2/c1-3-10(2)14(17)16(21)19-9-12-7-5-4-6-11(12)8-13(19)15(18)20/h4-7,10,13-14H,3,8-9,17H2,1-2H3,(H2,18,20)/t10?,13-,14-/m0/s1. The van der Waals surface area contributed by atoms with Gasteiger partial charge in [-0.05, 0) is 17.0 Å². The van der Waals surface area contributed by atoms with E-state index in [1.54, 1.807) is 4.90 Å². The van der Waals surface area contributed by atoms with Crippen LogP contribution < -0.4 is 11.5 Å². The summed E-state index contributed by atoms with van der Waals surface area (Å²) < 4.78 is 0. The summed E-state index contributed by atoms with van der Waals surface area (Å²) in [5.74, 6) is -0.597. The molecule has 2 amide bonds. The third kappa shape index (κ3) is 3.08. The van der Waals surface area contributed by atoms with Gasteiger partial charge in [0, 0.05) is 13.0 Å². The number of amides is 2. The fourth-order valence-electron chi connectivity index (χ4n) is 2.70. The van der Waals surface area contributed by atoms with Crippen molar-refractivity contribution in [2.45, 2.75) is 45.3 Å². The van der Waals surface area contributed by atoms with Crippen molar-refractivity contribution in [3.05, 3.63) is 35.4 Å².